The van der Waals surface area contributed by atoms with Gasteiger partial charge in [0.15, 0.2) is 11.5 Å². The summed E-state index contributed by atoms with van der Waals surface area (Å²) in [6, 6.07) is 13.0. The molecule has 0 unspecified atom stereocenters. The van der Waals surface area contributed by atoms with Crippen LogP contribution >= 0.6 is 27.5 Å². The van der Waals surface area contributed by atoms with Crippen LogP contribution in [0.25, 0.3) is 6.08 Å². The van der Waals surface area contributed by atoms with Crippen molar-refractivity contribution in [2.75, 3.05) is 12.0 Å². The van der Waals surface area contributed by atoms with Gasteiger partial charge in [0, 0.05) is 4.47 Å². The molecule has 1 fully saturated rings. The maximum atomic E-state index is 13.2. The molecular formula is C26H19BrClFN2O5. The summed E-state index contributed by atoms with van der Waals surface area (Å²) in [6.07, 6.45) is 1.32. The zero-order valence-electron chi connectivity index (χ0n) is 19.1. The number of barbiturate groups is 1. The number of halogens is 3. The molecule has 0 saturated carbocycles. The SMILES string of the molecule is COc1cc(/C=C2\C(=O)NC(=O)N(c3ccc(Br)c(C)c3)C2=O)cc(Cl)c1OCc1ccc(F)cc1. The van der Waals surface area contributed by atoms with Crippen LogP contribution in [-0.2, 0) is 16.2 Å². The Kier molecular flexibility index (Phi) is 7.42. The van der Waals surface area contributed by atoms with Crippen LogP contribution in [-0.4, -0.2) is 25.0 Å². The number of nitrogens with zero attached hydrogens (tertiary/aromatic N) is 1. The van der Waals surface area contributed by atoms with Crippen LogP contribution < -0.4 is 19.7 Å². The lowest BCUT2D eigenvalue weighted by Gasteiger charge is -2.26. The van der Waals surface area contributed by atoms with Gasteiger partial charge in [0.1, 0.15) is 18.0 Å². The molecule has 0 aliphatic carbocycles. The molecule has 4 amide bonds. The van der Waals surface area contributed by atoms with E-state index in [1.54, 1.807) is 36.4 Å². The number of carbonyl (C=O) groups is 3. The van der Waals surface area contributed by atoms with Crippen molar-refractivity contribution in [2.45, 2.75) is 13.5 Å². The van der Waals surface area contributed by atoms with E-state index in [-0.39, 0.29) is 34.5 Å². The number of ether oxygens (including phenoxy) is 2. The van der Waals surface area contributed by atoms with Crippen LogP contribution in [0.4, 0.5) is 14.9 Å². The van der Waals surface area contributed by atoms with E-state index >= 15 is 0 Å². The molecule has 184 valence electrons. The van der Waals surface area contributed by atoms with E-state index in [0.717, 1.165) is 20.5 Å². The summed E-state index contributed by atoms with van der Waals surface area (Å²) in [4.78, 5) is 39.1. The standard InChI is InChI=1S/C26H19BrClFN2O5/c1-14-9-18(7-8-20(14)27)31-25(33)19(24(32)30-26(31)34)10-16-11-21(28)23(22(12-16)35-2)36-13-15-3-5-17(29)6-4-15/h3-12H,13H2,1-2H3,(H,30,32,34)/b19-10+. The topological polar surface area (TPSA) is 84.9 Å². The molecular weight excluding hydrogens is 555 g/mol. The lowest BCUT2D eigenvalue weighted by atomic mass is 10.1. The number of rotatable bonds is 6. The first-order chi connectivity index (χ1) is 17.2. The number of hydrogen-bond donors (Lipinski definition) is 1. The predicted octanol–water partition coefficient (Wildman–Crippen LogP) is 5.80. The molecule has 0 aromatic heterocycles. The van der Waals surface area contributed by atoms with Gasteiger partial charge in [0.05, 0.1) is 17.8 Å². The summed E-state index contributed by atoms with van der Waals surface area (Å²) in [5.41, 5.74) is 1.97. The highest BCUT2D eigenvalue weighted by atomic mass is 79.9. The molecule has 4 rings (SSSR count). The molecule has 36 heavy (non-hydrogen) atoms. The summed E-state index contributed by atoms with van der Waals surface area (Å²) >= 11 is 9.81. The molecule has 1 saturated heterocycles. The smallest absolute Gasteiger partial charge is 0.335 e. The van der Waals surface area contributed by atoms with E-state index < -0.39 is 17.8 Å². The number of imide groups is 2. The van der Waals surface area contributed by atoms with E-state index in [1.165, 1.54) is 31.4 Å². The van der Waals surface area contributed by atoms with Crippen LogP contribution in [0.1, 0.15) is 16.7 Å². The van der Waals surface area contributed by atoms with Gasteiger partial charge in [-0.2, -0.15) is 0 Å². The van der Waals surface area contributed by atoms with Crippen molar-refractivity contribution < 1.29 is 28.2 Å². The van der Waals surface area contributed by atoms with Gasteiger partial charge in [-0.05, 0) is 72.2 Å². The lowest BCUT2D eigenvalue weighted by Crippen LogP contribution is -2.54. The van der Waals surface area contributed by atoms with Crippen molar-refractivity contribution >= 4 is 57.1 Å². The third kappa shape index (κ3) is 5.27. The average molecular weight is 574 g/mol. The lowest BCUT2D eigenvalue weighted by molar-refractivity contribution is -0.122. The van der Waals surface area contributed by atoms with Gasteiger partial charge >= 0.3 is 6.03 Å². The molecule has 1 aliphatic rings. The molecule has 0 bridgehead atoms. The molecule has 3 aromatic carbocycles. The Morgan fingerprint density at radius 3 is 2.47 bits per heavy atom. The zero-order chi connectivity index (χ0) is 26.0. The highest BCUT2D eigenvalue weighted by Gasteiger charge is 2.37. The Balaban J connectivity index is 1.64. The Hall–Kier alpha value is -3.69. The number of benzene rings is 3. The summed E-state index contributed by atoms with van der Waals surface area (Å²) in [5.74, 6) is -1.47. The number of nitrogens with one attached hydrogen (secondary N) is 1. The van der Waals surface area contributed by atoms with Gasteiger partial charge < -0.3 is 9.47 Å². The molecule has 1 heterocycles. The van der Waals surface area contributed by atoms with Crippen molar-refractivity contribution in [2.24, 2.45) is 0 Å². The fraction of sp³-hybridized carbons (Fsp3) is 0.115. The minimum Gasteiger partial charge on any atom is -0.493 e. The quantitative estimate of drug-likeness (QED) is 0.297. The van der Waals surface area contributed by atoms with E-state index in [1.807, 2.05) is 6.92 Å². The van der Waals surface area contributed by atoms with Gasteiger partial charge in [-0.3, -0.25) is 14.9 Å². The van der Waals surface area contributed by atoms with Crippen molar-refractivity contribution in [1.82, 2.24) is 5.32 Å². The summed E-state index contributed by atoms with van der Waals surface area (Å²) in [5, 5.41) is 2.36. The Morgan fingerprint density at radius 2 is 1.81 bits per heavy atom. The van der Waals surface area contributed by atoms with Crippen LogP contribution in [0.2, 0.25) is 5.02 Å². The van der Waals surface area contributed by atoms with E-state index in [2.05, 4.69) is 21.2 Å². The molecule has 0 spiro atoms. The van der Waals surface area contributed by atoms with Gasteiger partial charge in [0.25, 0.3) is 11.8 Å². The van der Waals surface area contributed by atoms with Crippen LogP contribution in [0.3, 0.4) is 0 Å². The van der Waals surface area contributed by atoms with E-state index in [4.69, 9.17) is 21.1 Å². The first-order valence-corrected chi connectivity index (χ1v) is 11.8. The van der Waals surface area contributed by atoms with Crippen LogP contribution in [0.5, 0.6) is 11.5 Å². The van der Waals surface area contributed by atoms with Crippen molar-refractivity contribution in [3.8, 4) is 11.5 Å². The summed E-state index contributed by atoms with van der Waals surface area (Å²) < 4.78 is 25.1. The number of anilines is 1. The first kappa shape index (κ1) is 25.4. The second-order valence-corrected chi connectivity index (χ2v) is 9.10. The number of urea groups is 1. The molecule has 3 aromatic rings. The maximum Gasteiger partial charge on any atom is 0.335 e. The Labute approximate surface area is 219 Å². The predicted molar refractivity (Wildman–Crippen MR) is 137 cm³/mol. The fourth-order valence-electron chi connectivity index (χ4n) is 3.53. The molecule has 10 heteroatoms. The van der Waals surface area contributed by atoms with Gasteiger partial charge in [-0.15, -0.1) is 0 Å². The largest absolute Gasteiger partial charge is 0.493 e. The highest BCUT2D eigenvalue weighted by molar-refractivity contribution is 9.10. The summed E-state index contributed by atoms with van der Waals surface area (Å²) in [7, 11) is 1.42. The minimum absolute atomic E-state index is 0.112. The van der Waals surface area contributed by atoms with Crippen LogP contribution in [0, 0.1) is 12.7 Å². The van der Waals surface area contributed by atoms with Crippen molar-refractivity contribution in [3.05, 3.63) is 92.2 Å². The second-order valence-electron chi connectivity index (χ2n) is 7.84. The average Bonchev–Trinajstić information content (AvgIpc) is 2.84. The van der Waals surface area contributed by atoms with Crippen LogP contribution in [0.15, 0.2) is 64.6 Å². The number of hydrogen-bond acceptors (Lipinski definition) is 5. The van der Waals surface area contributed by atoms with Crippen molar-refractivity contribution in [3.63, 3.8) is 0 Å². The van der Waals surface area contributed by atoms with E-state index in [9.17, 15) is 18.8 Å². The third-order valence-electron chi connectivity index (χ3n) is 5.36. The molecule has 0 atom stereocenters. The second kappa shape index (κ2) is 10.5. The number of carbonyl (C=O) groups excluding carboxylic acids is 3. The van der Waals surface area contributed by atoms with E-state index in [0.29, 0.717) is 11.3 Å². The maximum absolute atomic E-state index is 13.2. The summed E-state index contributed by atoms with van der Waals surface area (Å²) in [6.45, 7) is 1.93. The normalized spacial score (nSPS) is 14.8. The van der Waals surface area contributed by atoms with Crippen molar-refractivity contribution in [1.29, 1.82) is 0 Å². The number of amides is 4. The molecule has 0 radical (unpaired) electrons. The zero-order valence-corrected chi connectivity index (χ0v) is 21.4. The monoisotopic (exact) mass is 572 g/mol. The highest BCUT2D eigenvalue weighted by Crippen LogP contribution is 2.38. The van der Waals surface area contributed by atoms with Gasteiger partial charge in [-0.1, -0.05) is 39.7 Å². The number of aryl methyl sites for hydroxylation is 1. The molecule has 1 aliphatic heterocycles. The third-order valence-corrected chi connectivity index (χ3v) is 6.53. The molecule has 7 nitrogen and oxygen atoms in total. The van der Waals surface area contributed by atoms with Gasteiger partial charge in [0.2, 0.25) is 0 Å². The number of methoxy groups -OCH3 is 1. The minimum atomic E-state index is -0.843. The molecule has 1 N–H and O–H groups in total. The Bertz CT molecular complexity index is 1410. The van der Waals surface area contributed by atoms with Gasteiger partial charge in [-0.25, -0.2) is 14.1 Å². The Morgan fingerprint density at radius 1 is 1.08 bits per heavy atom. The fourth-order valence-corrected chi connectivity index (χ4v) is 4.05. The first-order valence-electron chi connectivity index (χ1n) is 10.6.